The normalized spacial score (nSPS) is 26.7. The summed E-state index contributed by atoms with van der Waals surface area (Å²) in [6.07, 6.45) is 17.8. The Balaban J connectivity index is 1.65. The quantitative estimate of drug-likeness (QED) is 0.503. The summed E-state index contributed by atoms with van der Waals surface area (Å²) in [7, 11) is 0. The van der Waals surface area contributed by atoms with Crippen LogP contribution in [0.1, 0.15) is 65.2 Å². The Labute approximate surface area is 125 Å². The van der Waals surface area contributed by atoms with Crippen LogP contribution in [0.2, 0.25) is 0 Å². The molecule has 3 unspecified atom stereocenters. The topological polar surface area (TPSA) is 4.44 Å². The van der Waals surface area contributed by atoms with Gasteiger partial charge in [0.25, 0.3) is 0 Å². The van der Waals surface area contributed by atoms with E-state index in [-0.39, 0.29) is 0 Å². The molecule has 1 heteroatoms. The molecule has 2 rings (SSSR count). The van der Waals surface area contributed by atoms with Crippen molar-refractivity contribution < 1.29 is 4.90 Å². The van der Waals surface area contributed by atoms with E-state index in [1.54, 1.807) is 16.2 Å². The van der Waals surface area contributed by atoms with Gasteiger partial charge in [0.2, 0.25) is 0 Å². The molecule has 0 aromatic carbocycles. The zero-order valence-electron chi connectivity index (χ0n) is 13.5. The lowest BCUT2D eigenvalue weighted by atomic mass is 9.99. The average molecular weight is 274 g/mol. The van der Waals surface area contributed by atoms with E-state index in [0.29, 0.717) is 5.92 Å². The molecular formula is C19H32N+. The summed E-state index contributed by atoms with van der Waals surface area (Å²) in [4.78, 5) is 1.78. The van der Waals surface area contributed by atoms with Crippen molar-refractivity contribution in [3.05, 3.63) is 36.1 Å². The van der Waals surface area contributed by atoms with Crippen molar-refractivity contribution in [3.8, 4) is 0 Å². The number of hydrogen-bond donors (Lipinski definition) is 1. The van der Waals surface area contributed by atoms with Crippen molar-refractivity contribution in [3.63, 3.8) is 0 Å². The van der Waals surface area contributed by atoms with Gasteiger partial charge in [0.05, 0.1) is 6.54 Å². The lowest BCUT2D eigenvalue weighted by Gasteiger charge is -2.27. The van der Waals surface area contributed by atoms with Crippen molar-refractivity contribution in [1.29, 1.82) is 0 Å². The first-order chi connectivity index (χ1) is 9.72. The molecule has 0 amide bonds. The summed E-state index contributed by atoms with van der Waals surface area (Å²) in [6.45, 7) is 9.80. The predicted octanol–water partition coefficient (Wildman–Crippen LogP) is 4.04. The maximum absolute atomic E-state index is 3.86. The molecule has 0 aromatic rings. The summed E-state index contributed by atoms with van der Waals surface area (Å²) >= 11 is 0. The van der Waals surface area contributed by atoms with Crippen LogP contribution in [0, 0.1) is 5.92 Å². The summed E-state index contributed by atoms with van der Waals surface area (Å²) in [5, 5.41) is 0. The van der Waals surface area contributed by atoms with Crippen LogP contribution in [-0.2, 0) is 0 Å². The lowest BCUT2D eigenvalue weighted by Crippen LogP contribution is -3.12. The zero-order chi connectivity index (χ0) is 14.4. The van der Waals surface area contributed by atoms with Crippen LogP contribution in [0.3, 0.4) is 0 Å². The number of fused-ring (bicyclic) bond motifs is 1. The fourth-order valence-electron chi connectivity index (χ4n) is 3.68. The van der Waals surface area contributed by atoms with Crippen molar-refractivity contribution >= 4 is 0 Å². The maximum atomic E-state index is 3.86. The summed E-state index contributed by atoms with van der Waals surface area (Å²) in [6, 6.07) is 0.809. The smallest absolute Gasteiger partial charge is 0.114 e. The van der Waals surface area contributed by atoms with E-state index >= 15 is 0 Å². The second-order valence-corrected chi connectivity index (χ2v) is 6.74. The molecule has 1 saturated heterocycles. The third kappa shape index (κ3) is 4.09. The van der Waals surface area contributed by atoms with E-state index in [1.807, 2.05) is 0 Å². The van der Waals surface area contributed by atoms with Gasteiger partial charge in [0.15, 0.2) is 0 Å². The highest BCUT2D eigenvalue weighted by Crippen LogP contribution is 2.18. The standard InChI is InChI=1S/C19H31N/c1-4-16(2)10-7-5-6-8-11-18-14-13-17(3)19-12-9-15-20(18)19/h4,13-14,16,19H,1,5-12,15H2,2-3H3/p+1. The minimum Gasteiger partial charge on any atom is -0.300 e. The SMILES string of the molecule is C=CC(C)CCCCCCC1=CC=C(C)C2CCC[NH+]12. The molecule has 20 heavy (non-hydrogen) atoms. The summed E-state index contributed by atoms with van der Waals surface area (Å²) in [5.74, 6) is 0.693. The highest BCUT2D eigenvalue weighted by Gasteiger charge is 2.34. The Morgan fingerprint density at radius 2 is 2.10 bits per heavy atom. The number of nitrogens with one attached hydrogen (secondary N) is 1. The summed E-state index contributed by atoms with van der Waals surface area (Å²) < 4.78 is 0. The van der Waals surface area contributed by atoms with E-state index < -0.39 is 0 Å². The Hall–Kier alpha value is -0.820. The first kappa shape index (κ1) is 15.6. The summed E-state index contributed by atoms with van der Waals surface area (Å²) in [5.41, 5.74) is 3.28. The monoisotopic (exact) mass is 274 g/mol. The zero-order valence-corrected chi connectivity index (χ0v) is 13.5. The Morgan fingerprint density at radius 1 is 1.30 bits per heavy atom. The van der Waals surface area contributed by atoms with E-state index in [9.17, 15) is 0 Å². The average Bonchev–Trinajstić information content (AvgIpc) is 2.95. The second kappa shape index (κ2) is 7.83. The van der Waals surface area contributed by atoms with Gasteiger partial charge >= 0.3 is 0 Å². The number of quaternary nitrogens is 1. The van der Waals surface area contributed by atoms with Gasteiger partial charge in [-0.3, -0.25) is 0 Å². The third-order valence-corrected chi connectivity index (χ3v) is 5.13. The molecule has 2 heterocycles. The fraction of sp³-hybridized carbons (Fsp3) is 0.684. The van der Waals surface area contributed by atoms with Crippen LogP contribution >= 0.6 is 0 Å². The molecule has 0 saturated carbocycles. The molecule has 3 atom stereocenters. The van der Waals surface area contributed by atoms with Gasteiger partial charge in [-0.2, -0.15) is 0 Å². The Kier molecular flexibility index (Phi) is 6.09. The highest BCUT2D eigenvalue weighted by atomic mass is 15.2. The molecule has 0 bridgehead atoms. The van der Waals surface area contributed by atoms with Gasteiger partial charge in [-0.25, -0.2) is 0 Å². The number of allylic oxidation sites excluding steroid dienone is 4. The largest absolute Gasteiger partial charge is 0.300 e. The number of rotatable bonds is 8. The van der Waals surface area contributed by atoms with Crippen LogP contribution in [0.25, 0.3) is 0 Å². The first-order valence-electron chi connectivity index (χ1n) is 8.58. The van der Waals surface area contributed by atoms with Gasteiger partial charge in [0, 0.05) is 19.3 Å². The van der Waals surface area contributed by atoms with Gasteiger partial charge < -0.3 is 4.90 Å². The fourth-order valence-corrected chi connectivity index (χ4v) is 3.68. The van der Waals surface area contributed by atoms with Gasteiger partial charge in [0.1, 0.15) is 11.7 Å². The number of unbranched alkanes of at least 4 members (excludes halogenated alkanes) is 3. The van der Waals surface area contributed by atoms with Gasteiger partial charge in [-0.05, 0) is 37.3 Å². The van der Waals surface area contributed by atoms with Gasteiger partial charge in [-0.1, -0.05) is 38.3 Å². The van der Waals surface area contributed by atoms with E-state index in [1.165, 1.54) is 57.9 Å². The molecule has 1 N–H and O–H groups in total. The second-order valence-electron chi connectivity index (χ2n) is 6.74. The molecule has 112 valence electrons. The molecule has 0 aliphatic carbocycles. The molecule has 1 fully saturated rings. The molecule has 0 radical (unpaired) electrons. The molecular weight excluding hydrogens is 242 g/mol. The first-order valence-corrected chi connectivity index (χ1v) is 8.58. The van der Waals surface area contributed by atoms with Crippen molar-refractivity contribution in [1.82, 2.24) is 0 Å². The molecule has 0 aromatic heterocycles. The van der Waals surface area contributed by atoms with E-state index in [2.05, 4.69) is 38.7 Å². The van der Waals surface area contributed by atoms with Crippen LogP contribution in [0.5, 0.6) is 0 Å². The third-order valence-electron chi connectivity index (χ3n) is 5.13. The van der Waals surface area contributed by atoms with Crippen LogP contribution in [0.4, 0.5) is 0 Å². The van der Waals surface area contributed by atoms with Crippen LogP contribution < -0.4 is 4.90 Å². The highest BCUT2D eigenvalue weighted by molar-refractivity contribution is 5.21. The minimum atomic E-state index is 0.693. The van der Waals surface area contributed by atoms with Crippen molar-refractivity contribution in [2.45, 2.75) is 71.3 Å². The van der Waals surface area contributed by atoms with Gasteiger partial charge in [-0.15, -0.1) is 6.58 Å². The predicted molar refractivity (Wildman–Crippen MR) is 87.8 cm³/mol. The van der Waals surface area contributed by atoms with Crippen molar-refractivity contribution in [2.75, 3.05) is 6.54 Å². The molecule has 2 aliphatic heterocycles. The van der Waals surface area contributed by atoms with E-state index in [0.717, 1.165) is 6.04 Å². The molecule has 0 spiro atoms. The van der Waals surface area contributed by atoms with Crippen LogP contribution in [-0.4, -0.2) is 12.6 Å². The molecule has 2 aliphatic rings. The number of hydrogen-bond acceptors (Lipinski definition) is 0. The molecule has 1 nitrogen and oxygen atoms in total. The van der Waals surface area contributed by atoms with Crippen molar-refractivity contribution in [2.24, 2.45) is 5.92 Å². The minimum absolute atomic E-state index is 0.693. The Bertz CT molecular complexity index is 377. The Morgan fingerprint density at radius 3 is 2.90 bits per heavy atom. The van der Waals surface area contributed by atoms with E-state index in [4.69, 9.17) is 0 Å². The lowest BCUT2D eigenvalue weighted by molar-refractivity contribution is -0.870. The maximum Gasteiger partial charge on any atom is 0.114 e. The van der Waals surface area contributed by atoms with Crippen LogP contribution in [0.15, 0.2) is 36.1 Å².